The van der Waals surface area contributed by atoms with Crippen molar-refractivity contribution in [2.24, 2.45) is 5.92 Å². The van der Waals surface area contributed by atoms with Crippen molar-refractivity contribution in [2.45, 2.75) is 27.2 Å². The molecule has 0 bridgehead atoms. The molecular weight excluding hydrogens is 325 g/mol. The van der Waals surface area contributed by atoms with E-state index < -0.39 is 5.97 Å². The van der Waals surface area contributed by atoms with Crippen molar-refractivity contribution in [3.63, 3.8) is 0 Å². The van der Waals surface area contributed by atoms with E-state index in [4.69, 9.17) is 5.11 Å². The summed E-state index contributed by atoms with van der Waals surface area (Å²) < 4.78 is 14.8. The van der Waals surface area contributed by atoms with E-state index in [1.165, 1.54) is 21.7 Å². The van der Waals surface area contributed by atoms with Crippen LogP contribution in [0.15, 0.2) is 30.5 Å². The highest BCUT2D eigenvalue weighted by Gasteiger charge is 2.20. The molecule has 0 saturated carbocycles. The number of benzene rings is 1. The molecule has 0 aliphatic carbocycles. The van der Waals surface area contributed by atoms with E-state index in [2.05, 4.69) is 5.10 Å². The van der Waals surface area contributed by atoms with Crippen LogP contribution in [0.1, 0.15) is 36.3 Å². The van der Waals surface area contributed by atoms with Crippen LogP contribution >= 0.6 is 0 Å². The zero-order chi connectivity index (χ0) is 18.6. The lowest BCUT2D eigenvalue weighted by molar-refractivity contribution is -0.137. The fraction of sp³-hybridized carbons (Fsp3) is 0.389. The van der Waals surface area contributed by atoms with Crippen molar-refractivity contribution in [3.8, 4) is 5.69 Å². The zero-order valence-electron chi connectivity index (χ0n) is 14.6. The molecule has 25 heavy (non-hydrogen) atoms. The van der Waals surface area contributed by atoms with Gasteiger partial charge in [0.05, 0.1) is 12.1 Å². The fourth-order valence-electron chi connectivity index (χ4n) is 2.56. The number of aliphatic carboxylic acids is 1. The van der Waals surface area contributed by atoms with E-state index in [0.29, 0.717) is 17.8 Å². The van der Waals surface area contributed by atoms with Crippen molar-refractivity contribution < 1.29 is 19.1 Å². The predicted molar refractivity (Wildman–Crippen MR) is 91.3 cm³/mol. The molecule has 7 heteroatoms. The molecule has 2 aromatic rings. The number of carboxylic acid groups (broad SMARTS) is 1. The maximum absolute atomic E-state index is 13.2. The molecule has 6 nitrogen and oxygen atoms in total. The second-order valence-electron chi connectivity index (χ2n) is 6.37. The molecule has 0 unspecified atom stereocenters. The van der Waals surface area contributed by atoms with Crippen molar-refractivity contribution in [2.75, 3.05) is 13.1 Å². The summed E-state index contributed by atoms with van der Waals surface area (Å²) in [6, 6.07) is 5.92. The minimum atomic E-state index is -0.950. The molecule has 0 aliphatic rings. The first-order valence-electron chi connectivity index (χ1n) is 8.11. The quantitative estimate of drug-likeness (QED) is 0.836. The van der Waals surface area contributed by atoms with E-state index in [-0.39, 0.29) is 36.3 Å². The molecule has 1 amide bonds. The lowest BCUT2D eigenvalue weighted by atomic mass is 10.2. The van der Waals surface area contributed by atoms with E-state index in [9.17, 15) is 14.0 Å². The number of rotatable bonds is 7. The summed E-state index contributed by atoms with van der Waals surface area (Å²) >= 11 is 0. The SMILES string of the molecule is Cc1cc(F)ccc1-n1ccc(C(=O)N(CCC(=O)O)CC(C)C)n1. The molecule has 0 spiro atoms. The molecule has 1 N–H and O–H groups in total. The van der Waals surface area contributed by atoms with Gasteiger partial charge in [-0.3, -0.25) is 9.59 Å². The van der Waals surface area contributed by atoms with Crippen LogP contribution in [0.5, 0.6) is 0 Å². The fourth-order valence-corrected chi connectivity index (χ4v) is 2.56. The Balaban J connectivity index is 2.23. The zero-order valence-corrected chi connectivity index (χ0v) is 14.6. The van der Waals surface area contributed by atoms with Gasteiger partial charge >= 0.3 is 5.97 Å². The normalized spacial score (nSPS) is 10.9. The van der Waals surface area contributed by atoms with E-state index in [1.54, 1.807) is 25.3 Å². The van der Waals surface area contributed by atoms with E-state index >= 15 is 0 Å². The lowest BCUT2D eigenvalue weighted by Crippen LogP contribution is -2.36. The molecule has 0 aliphatic heterocycles. The minimum Gasteiger partial charge on any atom is -0.481 e. The molecule has 0 atom stereocenters. The average Bonchev–Trinajstić information content (AvgIpc) is 2.99. The van der Waals surface area contributed by atoms with Crippen molar-refractivity contribution in [1.82, 2.24) is 14.7 Å². The summed E-state index contributed by atoms with van der Waals surface area (Å²) in [5.74, 6) is -1.39. The molecule has 0 saturated heterocycles. The highest BCUT2D eigenvalue weighted by Crippen LogP contribution is 2.16. The van der Waals surface area contributed by atoms with Gasteiger partial charge in [-0.15, -0.1) is 0 Å². The Bertz CT molecular complexity index is 771. The first-order valence-corrected chi connectivity index (χ1v) is 8.11. The minimum absolute atomic E-state index is 0.115. The lowest BCUT2D eigenvalue weighted by Gasteiger charge is -2.23. The molecule has 1 heterocycles. The van der Waals surface area contributed by atoms with Crippen LogP contribution < -0.4 is 0 Å². The Morgan fingerprint density at radius 1 is 1.32 bits per heavy atom. The second-order valence-corrected chi connectivity index (χ2v) is 6.37. The van der Waals surface area contributed by atoms with Crippen molar-refractivity contribution >= 4 is 11.9 Å². The Labute approximate surface area is 145 Å². The number of carbonyl (C=O) groups excluding carboxylic acids is 1. The van der Waals surface area contributed by atoms with Gasteiger partial charge in [-0.05, 0) is 42.7 Å². The van der Waals surface area contributed by atoms with Crippen LogP contribution in [0.2, 0.25) is 0 Å². The van der Waals surface area contributed by atoms with Gasteiger partial charge < -0.3 is 10.0 Å². The maximum Gasteiger partial charge on any atom is 0.305 e. The standard InChI is InChI=1S/C18H22FN3O3/c1-12(2)11-21(8-7-17(23)24)18(25)15-6-9-22(20-15)16-5-4-14(19)10-13(16)3/h4-6,9-10,12H,7-8,11H2,1-3H3,(H,23,24). The van der Waals surface area contributed by atoms with Gasteiger partial charge in [0.2, 0.25) is 0 Å². The van der Waals surface area contributed by atoms with Gasteiger partial charge in [0.25, 0.3) is 5.91 Å². The Kier molecular flexibility index (Phi) is 5.90. The summed E-state index contributed by atoms with van der Waals surface area (Å²) in [5.41, 5.74) is 1.61. The Hall–Kier alpha value is -2.70. The molecule has 1 aromatic carbocycles. The van der Waals surface area contributed by atoms with Crippen LogP contribution in [0.3, 0.4) is 0 Å². The number of hydrogen-bond donors (Lipinski definition) is 1. The molecule has 1 aromatic heterocycles. The summed E-state index contributed by atoms with van der Waals surface area (Å²) in [5, 5.41) is 13.1. The Morgan fingerprint density at radius 2 is 2.04 bits per heavy atom. The topological polar surface area (TPSA) is 75.4 Å². The van der Waals surface area contributed by atoms with Gasteiger partial charge in [0.15, 0.2) is 5.69 Å². The number of aromatic nitrogens is 2. The average molecular weight is 347 g/mol. The predicted octanol–water partition coefficient (Wildman–Crippen LogP) is 2.89. The summed E-state index contributed by atoms with van der Waals surface area (Å²) in [4.78, 5) is 25.0. The Morgan fingerprint density at radius 3 is 2.64 bits per heavy atom. The largest absolute Gasteiger partial charge is 0.481 e. The van der Waals surface area contributed by atoms with Crippen molar-refractivity contribution in [1.29, 1.82) is 0 Å². The van der Waals surface area contributed by atoms with Gasteiger partial charge in [-0.1, -0.05) is 13.8 Å². The van der Waals surface area contributed by atoms with Crippen LogP contribution in [0, 0.1) is 18.7 Å². The maximum atomic E-state index is 13.2. The van der Waals surface area contributed by atoms with Crippen LogP contribution in [-0.4, -0.2) is 44.8 Å². The summed E-state index contributed by atoms with van der Waals surface area (Å²) in [7, 11) is 0. The highest BCUT2D eigenvalue weighted by molar-refractivity contribution is 5.92. The second kappa shape index (κ2) is 7.92. The van der Waals surface area contributed by atoms with Gasteiger partial charge in [-0.2, -0.15) is 5.10 Å². The molecule has 2 rings (SSSR count). The monoisotopic (exact) mass is 347 g/mol. The first kappa shape index (κ1) is 18.6. The van der Waals surface area contributed by atoms with Crippen LogP contribution in [0.4, 0.5) is 4.39 Å². The molecule has 0 radical (unpaired) electrons. The van der Waals surface area contributed by atoms with Gasteiger partial charge in [0.1, 0.15) is 5.82 Å². The van der Waals surface area contributed by atoms with Gasteiger partial charge in [0, 0.05) is 19.3 Å². The first-order chi connectivity index (χ1) is 11.8. The number of carboxylic acids is 1. The highest BCUT2D eigenvalue weighted by atomic mass is 19.1. The number of hydrogen-bond acceptors (Lipinski definition) is 3. The van der Waals surface area contributed by atoms with Crippen LogP contribution in [0.25, 0.3) is 5.69 Å². The van der Waals surface area contributed by atoms with Gasteiger partial charge in [-0.25, -0.2) is 9.07 Å². The molecule has 0 fully saturated rings. The third-order valence-corrected chi connectivity index (χ3v) is 3.68. The summed E-state index contributed by atoms with van der Waals surface area (Å²) in [6.07, 6.45) is 1.52. The summed E-state index contributed by atoms with van der Waals surface area (Å²) in [6.45, 7) is 6.27. The molecule has 134 valence electrons. The number of nitrogens with zero attached hydrogens (tertiary/aromatic N) is 3. The van der Waals surface area contributed by atoms with Crippen LogP contribution in [-0.2, 0) is 4.79 Å². The smallest absolute Gasteiger partial charge is 0.305 e. The number of halogens is 1. The molecular formula is C18H22FN3O3. The third kappa shape index (κ3) is 4.89. The van der Waals surface area contributed by atoms with Crippen molar-refractivity contribution in [3.05, 3.63) is 47.5 Å². The van der Waals surface area contributed by atoms with E-state index in [1.807, 2.05) is 13.8 Å². The van der Waals surface area contributed by atoms with E-state index in [0.717, 1.165) is 0 Å². The number of amides is 1. The third-order valence-electron chi connectivity index (χ3n) is 3.68. The number of aryl methyl sites for hydroxylation is 1. The number of carbonyl (C=O) groups is 2.